The van der Waals surface area contributed by atoms with E-state index in [1.54, 1.807) is 12.4 Å². The number of pyridine rings is 1. The molecule has 5 rings (SSSR count). The molecule has 2 N–H and O–H groups in total. The molecule has 0 fully saturated rings. The highest BCUT2D eigenvalue weighted by Gasteiger charge is 2.16. The van der Waals surface area contributed by atoms with E-state index in [1.165, 1.54) is 17.2 Å². The number of fused-ring (bicyclic) bond motifs is 1. The SMILES string of the molecule is CCOc1ccc(CN(CCc2c[nH]c3ccccc23)Cc2nc(C(=O)NCc3cccnc3)co2)cc1. The van der Waals surface area contributed by atoms with Crippen LogP contribution in [0.5, 0.6) is 5.75 Å². The monoisotopic (exact) mass is 509 g/mol. The van der Waals surface area contributed by atoms with Crippen LogP contribution in [0.4, 0.5) is 0 Å². The summed E-state index contributed by atoms with van der Waals surface area (Å²) in [7, 11) is 0. The minimum atomic E-state index is -0.277. The molecule has 0 saturated carbocycles. The summed E-state index contributed by atoms with van der Waals surface area (Å²) in [6, 6.07) is 20.2. The fraction of sp³-hybridized carbons (Fsp3) is 0.233. The fourth-order valence-corrected chi connectivity index (χ4v) is 4.40. The molecular formula is C30H31N5O3. The number of ether oxygens (including phenoxy) is 1. The normalized spacial score (nSPS) is 11.2. The van der Waals surface area contributed by atoms with Crippen LogP contribution in [0.25, 0.3) is 10.9 Å². The Morgan fingerprint density at radius 3 is 2.74 bits per heavy atom. The summed E-state index contributed by atoms with van der Waals surface area (Å²) in [5, 5.41) is 4.10. The molecule has 0 saturated heterocycles. The van der Waals surface area contributed by atoms with Crippen LogP contribution in [0.15, 0.2) is 89.9 Å². The van der Waals surface area contributed by atoms with Gasteiger partial charge in [0.25, 0.3) is 5.91 Å². The van der Waals surface area contributed by atoms with Crippen LogP contribution in [0.3, 0.4) is 0 Å². The Kier molecular flexibility index (Phi) is 8.10. The number of hydrogen-bond acceptors (Lipinski definition) is 6. The smallest absolute Gasteiger partial charge is 0.273 e. The first-order valence-electron chi connectivity index (χ1n) is 12.8. The molecule has 3 heterocycles. The molecule has 0 aliphatic carbocycles. The summed E-state index contributed by atoms with van der Waals surface area (Å²) < 4.78 is 11.3. The van der Waals surface area contributed by atoms with Gasteiger partial charge in [-0.25, -0.2) is 4.98 Å². The van der Waals surface area contributed by atoms with Gasteiger partial charge in [-0.15, -0.1) is 0 Å². The molecule has 38 heavy (non-hydrogen) atoms. The summed E-state index contributed by atoms with van der Waals surface area (Å²) in [5.74, 6) is 1.08. The number of oxazole rings is 1. The fourth-order valence-electron chi connectivity index (χ4n) is 4.40. The van der Waals surface area contributed by atoms with E-state index in [0.717, 1.165) is 35.4 Å². The number of rotatable bonds is 12. The quantitative estimate of drug-likeness (QED) is 0.242. The van der Waals surface area contributed by atoms with Crippen LogP contribution in [-0.2, 0) is 26.1 Å². The molecule has 0 aliphatic rings. The largest absolute Gasteiger partial charge is 0.494 e. The van der Waals surface area contributed by atoms with E-state index in [0.29, 0.717) is 32.1 Å². The molecule has 2 aromatic carbocycles. The predicted octanol–water partition coefficient (Wildman–Crippen LogP) is 5.12. The van der Waals surface area contributed by atoms with Crippen molar-refractivity contribution in [2.24, 2.45) is 0 Å². The maximum Gasteiger partial charge on any atom is 0.273 e. The highest BCUT2D eigenvalue weighted by Crippen LogP contribution is 2.20. The molecule has 0 unspecified atom stereocenters. The Morgan fingerprint density at radius 2 is 1.92 bits per heavy atom. The van der Waals surface area contributed by atoms with Gasteiger partial charge in [0, 0.05) is 49.1 Å². The second-order valence-corrected chi connectivity index (χ2v) is 9.07. The first-order chi connectivity index (χ1) is 18.7. The molecule has 5 aromatic rings. The Balaban J connectivity index is 1.26. The summed E-state index contributed by atoms with van der Waals surface area (Å²) in [5.41, 5.74) is 4.74. The topological polar surface area (TPSA) is 96.3 Å². The molecule has 0 aliphatic heterocycles. The number of aromatic nitrogens is 3. The minimum Gasteiger partial charge on any atom is -0.494 e. The molecule has 1 amide bonds. The number of nitrogens with zero attached hydrogens (tertiary/aromatic N) is 3. The third-order valence-electron chi connectivity index (χ3n) is 6.33. The highest BCUT2D eigenvalue weighted by molar-refractivity contribution is 5.91. The minimum absolute atomic E-state index is 0.265. The number of benzene rings is 2. The van der Waals surface area contributed by atoms with Gasteiger partial charge in [-0.3, -0.25) is 14.7 Å². The molecule has 0 bridgehead atoms. The second-order valence-electron chi connectivity index (χ2n) is 9.07. The zero-order valence-corrected chi connectivity index (χ0v) is 21.4. The van der Waals surface area contributed by atoms with Crippen molar-refractivity contribution in [3.8, 4) is 5.75 Å². The number of carbonyl (C=O) groups excluding carboxylic acids is 1. The molecule has 3 aromatic heterocycles. The average molecular weight is 510 g/mol. The molecule has 8 nitrogen and oxygen atoms in total. The Hall–Kier alpha value is -4.43. The zero-order chi connectivity index (χ0) is 26.2. The van der Waals surface area contributed by atoms with Crippen LogP contribution in [0.1, 0.15) is 40.0 Å². The van der Waals surface area contributed by atoms with Gasteiger partial charge < -0.3 is 19.5 Å². The van der Waals surface area contributed by atoms with Crippen LogP contribution in [0.2, 0.25) is 0 Å². The lowest BCUT2D eigenvalue weighted by Gasteiger charge is -2.21. The highest BCUT2D eigenvalue weighted by atomic mass is 16.5. The number of para-hydroxylation sites is 1. The molecule has 0 atom stereocenters. The van der Waals surface area contributed by atoms with E-state index in [4.69, 9.17) is 9.15 Å². The van der Waals surface area contributed by atoms with Gasteiger partial charge in [0.1, 0.15) is 12.0 Å². The summed E-state index contributed by atoms with van der Waals surface area (Å²) in [6.07, 6.45) is 7.78. The summed E-state index contributed by atoms with van der Waals surface area (Å²) in [4.78, 5) is 26.8. The van der Waals surface area contributed by atoms with Crippen molar-refractivity contribution in [3.63, 3.8) is 0 Å². The summed E-state index contributed by atoms with van der Waals surface area (Å²) in [6.45, 7) is 4.97. The molecule has 0 radical (unpaired) electrons. The van der Waals surface area contributed by atoms with E-state index >= 15 is 0 Å². The van der Waals surface area contributed by atoms with Gasteiger partial charge in [-0.1, -0.05) is 36.4 Å². The zero-order valence-electron chi connectivity index (χ0n) is 21.4. The van der Waals surface area contributed by atoms with Crippen LogP contribution < -0.4 is 10.1 Å². The number of hydrogen-bond donors (Lipinski definition) is 2. The molecule has 0 spiro atoms. The number of H-pyrrole nitrogens is 1. The predicted molar refractivity (Wildman–Crippen MR) is 146 cm³/mol. The van der Waals surface area contributed by atoms with Crippen LogP contribution >= 0.6 is 0 Å². The van der Waals surface area contributed by atoms with Crippen molar-refractivity contribution < 1.29 is 13.9 Å². The van der Waals surface area contributed by atoms with Crippen LogP contribution in [0, 0.1) is 0 Å². The van der Waals surface area contributed by atoms with Gasteiger partial charge >= 0.3 is 0 Å². The van der Waals surface area contributed by atoms with Gasteiger partial charge in [-0.2, -0.15) is 0 Å². The average Bonchev–Trinajstić information content (AvgIpc) is 3.59. The van der Waals surface area contributed by atoms with Crippen molar-refractivity contribution in [2.75, 3.05) is 13.2 Å². The van der Waals surface area contributed by atoms with Crippen molar-refractivity contribution in [3.05, 3.63) is 114 Å². The van der Waals surface area contributed by atoms with Gasteiger partial charge in [0.2, 0.25) is 5.89 Å². The lowest BCUT2D eigenvalue weighted by atomic mass is 10.1. The lowest BCUT2D eigenvalue weighted by molar-refractivity contribution is 0.0945. The summed E-state index contributed by atoms with van der Waals surface area (Å²) >= 11 is 0. The molecule has 194 valence electrons. The van der Waals surface area contributed by atoms with Crippen molar-refractivity contribution in [2.45, 2.75) is 33.0 Å². The van der Waals surface area contributed by atoms with Crippen molar-refractivity contribution in [1.29, 1.82) is 0 Å². The third kappa shape index (κ3) is 6.46. The first kappa shape index (κ1) is 25.2. The third-order valence-corrected chi connectivity index (χ3v) is 6.33. The second kappa shape index (κ2) is 12.2. The maximum atomic E-state index is 12.6. The van der Waals surface area contributed by atoms with Gasteiger partial charge in [0.15, 0.2) is 5.69 Å². The van der Waals surface area contributed by atoms with E-state index in [9.17, 15) is 4.79 Å². The Bertz CT molecular complexity index is 1460. The maximum absolute atomic E-state index is 12.6. The number of carbonyl (C=O) groups is 1. The number of amides is 1. The van der Waals surface area contributed by atoms with Gasteiger partial charge in [-0.05, 0) is 54.3 Å². The van der Waals surface area contributed by atoms with Crippen LogP contribution in [-0.4, -0.2) is 38.9 Å². The van der Waals surface area contributed by atoms with E-state index in [-0.39, 0.29) is 11.6 Å². The van der Waals surface area contributed by atoms with E-state index in [2.05, 4.69) is 61.7 Å². The molecule has 8 heteroatoms. The first-order valence-corrected chi connectivity index (χ1v) is 12.8. The lowest BCUT2D eigenvalue weighted by Crippen LogP contribution is -2.26. The van der Waals surface area contributed by atoms with E-state index in [1.807, 2.05) is 37.3 Å². The molecular weight excluding hydrogens is 478 g/mol. The number of aromatic amines is 1. The van der Waals surface area contributed by atoms with Gasteiger partial charge in [0.05, 0.1) is 13.2 Å². The Labute approximate surface area is 221 Å². The van der Waals surface area contributed by atoms with Crippen molar-refractivity contribution >= 4 is 16.8 Å². The van der Waals surface area contributed by atoms with Crippen molar-refractivity contribution in [1.82, 2.24) is 25.2 Å². The number of nitrogens with one attached hydrogen (secondary N) is 2. The van der Waals surface area contributed by atoms with E-state index < -0.39 is 0 Å². The Morgan fingerprint density at radius 1 is 1.05 bits per heavy atom. The standard InChI is InChI=1S/C30H31N5O3/c1-2-37-25-11-9-22(10-12-25)19-35(15-13-24-18-32-27-8-4-3-7-26(24)27)20-29-34-28(21-38-29)30(36)33-17-23-6-5-14-31-16-23/h3-12,14,16,18,21,32H,2,13,15,17,19-20H2,1H3,(H,33,36).